The number of hydrogen-bond acceptors (Lipinski definition) is 6. The molecule has 2 aromatic heterocycles. The summed E-state index contributed by atoms with van der Waals surface area (Å²) < 4.78 is 26.9. The molecule has 1 saturated carbocycles. The molecule has 2 aliphatic heterocycles. The number of halogens is 1. The van der Waals surface area contributed by atoms with Crippen LogP contribution in [0.25, 0.3) is 11.3 Å². The van der Waals surface area contributed by atoms with Crippen LogP contribution >= 0.6 is 0 Å². The van der Waals surface area contributed by atoms with E-state index in [1.54, 1.807) is 18.2 Å². The van der Waals surface area contributed by atoms with Crippen LogP contribution < -0.4 is 4.90 Å². The second-order valence-corrected chi connectivity index (χ2v) is 9.99. The van der Waals surface area contributed by atoms with Crippen LogP contribution in [0.5, 0.6) is 0 Å². The van der Waals surface area contributed by atoms with Gasteiger partial charge in [0.25, 0.3) is 0 Å². The van der Waals surface area contributed by atoms with Crippen molar-refractivity contribution in [2.75, 3.05) is 4.90 Å². The van der Waals surface area contributed by atoms with Crippen molar-refractivity contribution in [3.05, 3.63) is 64.8 Å². The number of piperidine rings is 1. The average Bonchev–Trinajstić information content (AvgIpc) is 3.55. The zero-order valence-corrected chi connectivity index (χ0v) is 19.6. The Labute approximate surface area is 202 Å². The summed E-state index contributed by atoms with van der Waals surface area (Å²) in [7, 11) is 0. The third-order valence-corrected chi connectivity index (χ3v) is 7.64. The molecule has 3 aromatic rings. The number of anilines is 1. The molecule has 6 rings (SSSR count). The third-order valence-electron chi connectivity index (χ3n) is 7.64. The van der Waals surface area contributed by atoms with E-state index in [0.717, 1.165) is 61.2 Å². The topological polar surface area (TPSA) is 88.7 Å². The van der Waals surface area contributed by atoms with Crippen molar-refractivity contribution in [2.45, 2.75) is 76.2 Å². The Bertz CT molecular complexity index is 1220. The summed E-state index contributed by atoms with van der Waals surface area (Å²) in [5, 5.41) is 13.4. The number of carboxylic acid groups (broad SMARTS) is 1. The van der Waals surface area contributed by atoms with Gasteiger partial charge < -0.3 is 19.3 Å². The standard InChI is InChI=1S/C27H28FN3O4/c1-15-3-2-4-22(28)24(15)25-21(26(35-30-25)16-5-6-16)14-34-20-11-18-8-9-19(12-20)31(18)23-10-7-17(13-29-23)27(32)33/h2-4,7,10,13,16,18-20H,5-6,8-9,11-12,14H2,1H3,(H,32,33)/t18-,19+,20+. The molecular formula is C27H28FN3O4. The number of ether oxygens (including phenoxy) is 1. The first kappa shape index (κ1) is 22.2. The summed E-state index contributed by atoms with van der Waals surface area (Å²) in [6, 6.07) is 9.09. The molecule has 2 bridgehead atoms. The summed E-state index contributed by atoms with van der Waals surface area (Å²) >= 11 is 0. The van der Waals surface area contributed by atoms with E-state index in [9.17, 15) is 9.18 Å². The number of pyridine rings is 1. The Morgan fingerprint density at radius 1 is 1.17 bits per heavy atom. The van der Waals surface area contributed by atoms with Crippen LogP contribution in [0.2, 0.25) is 0 Å². The molecule has 1 aromatic carbocycles. The van der Waals surface area contributed by atoms with Gasteiger partial charge in [0.1, 0.15) is 23.1 Å². The van der Waals surface area contributed by atoms with Crippen molar-refractivity contribution in [1.82, 2.24) is 10.1 Å². The van der Waals surface area contributed by atoms with E-state index in [2.05, 4.69) is 15.0 Å². The number of hydrogen-bond donors (Lipinski definition) is 1. The summed E-state index contributed by atoms with van der Waals surface area (Å²) in [6.07, 6.45) is 7.51. The lowest BCUT2D eigenvalue weighted by atomic mass is 9.98. The van der Waals surface area contributed by atoms with Gasteiger partial charge in [0.15, 0.2) is 0 Å². The maximum absolute atomic E-state index is 14.8. The first-order valence-corrected chi connectivity index (χ1v) is 12.3. The minimum absolute atomic E-state index is 0.0820. The average molecular weight is 478 g/mol. The number of fused-ring (bicyclic) bond motifs is 2. The van der Waals surface area contributed by atoms with E-state index in [0.29, 0.717) is 35.9 Å². The highest BCUT2D eigenvalue weighted by Crippen LogP contribution is 2.45. The molecule has 182 valence electrons. The number of carboxylic acids is 1. The summed E-state index contributed by atoms with van der Waals surface area (Å²) in [5.41, 5.74) is 2.95. The Hall–Kier alpha value is -3.26. The van der Waals surface area contributed by atoms with Gasteiger partial charge in [-0.05, 0) is 69.2 Å². The van der Waals surface area contributed by atoms with Gasteiger partial charge in [0, 0.05) is 35.3 Å². The van der Waals surface area contributed by atoms with Crippen LogP contribution in [0.4, 0.5) is 10.2 Å². The highest BCUT2D eigenvalue weighted by atomic mass is 19.1. The van der Waals surface area contributed by atoms with E-state index < -0.39 is 5.97 Å². The molecule has 35 heavy (non-hydrogen) atoms. The molecule has 7 nitrogen and oxygen atoms in total. The van der Waals surface area contributed by atoms with Crippen LogP contribution in [0.1, 0.15) is 71.7 Å². The van der Waals surface area contributed by atoms with Gasteiger partial charge in [-0.1, -0.05) is 17.3 Å². The van der Waals surface area contributed by atoms with E-state index in [1.165, 1.54) is 12.3 Å². The van der Waals surface area contributed by atoms with Crippen molar-refractivity contribution in [3.63, 3.8) is 0 Å². The van der Waals surface area contributed by atoms with E-state index in [-0.39, 0.29) is 17.5 Å². The highest BCUT2D eigenvalue weighted by Gasteiger charge is 2.42. The van der Waals surface area contributed by atoms with Crippen molar-refractivity contribution < 1.29 is 23.6 Å². The van der Waals surface area contributed by atoms with Gasteiger partial charge in [-0.25, -0.2) is 14.2 Å². The molecule has 0 amide bonds. The predicted molar refractivity (Wildman–Crippen MR) is 127 cm³/mol. The third kappa shape index (κ3) is 4.10. The zero-order valence-electron chi connectivity index (χ0n) is 19.6. The molecule has 3 fully saturated rings. The smallest absolute Gasteiger partial charge is 0.337 e. The quantitative estimate of drug-likeness (QED) is 0.482. The second kappa shape index (κ2) is 8.75. The Morgan fingerprint density at radius 2 is 1.94 bits per heavy atom. The summed E-state index contributed by atoms with van der Waals surface area (Å²) in [4.78, 5) is 17.9. The fraction of sp³-hybridized carbons (Fsp3) is 0.444. The van der Waals surface area contributed by atoms with Crippen LogP contribution in [-0.4, -0.2) is 39.4 Å². The summed E-state index contributed by atoms with van der Waals surface area (Å²) in [6.45, 7) is 2.24. The number of benzene rings is 1. The first-order chi connectivity index (χ1) is 17.0. The number of aromatic carboxylic acids is 1. The lowest BCUT2D eigenvalue weighted by Crippen LogP contribution is -2.46. The number of aryl methyl sites for hydroxylation is 1. The van der Waals surface area contributed by atoms with Gasteiger partial charge in [-0.2, -0.15) is 0 Å². The maximum Gasteiger partial charge on any atom is 0.337 e. The van der Waals surface area contributed by atoms with Crippen molar-refractivity contribution in [3.8, 4) is 11.3 Å². The van der Waals surface area contributed by atoms with Gasteiger partial charge in [-0.3, -0.25) is 0 Å². The van der Waals surface area contributed by atoms with Crippen LogP contribution in [0, 0.1) is 12.7 Å². The lowest BCUT2D eigenvalue weighted by Gasteiger charge is -2.39. The Morgan fingerprint density at radius 3 is 2.57 bits per heavy atom. The molecule has 8 heteroatoms. The number of rotatable bonds is 7. The molecule has 0 unspecified atom stereocenters. The SMILES string of the molecule is Cc1cccc(F)c1-c1noc(C2CC2)c1CO[C@H]1C[C@H]2CC[C@@H](C1)N2c1ccc(C(=O)O)cn1. The lowest BCUT2D eigenvalue weighted by molar-refractivity contribution is 0.0146. The molecule has 3 atom stereocenters. The van der Waals surface area contributed by atoms with E-state index in [1.807, 2.05) is 13.0 Å². The minimum atomic E-state index is -0.969. The number of nitrogens with zero attached hydrogens (tertiary/aromatic N) is 3. The van der Waals surface area contributed by atoms with Crippen LogP contribution in [0.15, 0.2) is 41.1 Å². The first-order valence-electron chi connectivity index (χ1n) is 12.3. The minimum Gasteiger partial charge on any atom is -0.478 e. The fourth-order valence-corrected chi connectivity index (χ4v) is 5.76. The number of carbonyl (C=O) groups is 1. The second-order valence-electron chi connectivity index (χ2n) is 9.99. The zero-order chi connectivity index (χ0) is 24.1. The predicted octanol–water partition coefficient (Wildman–Crippen LogP) is 5.48. The molecule has 4 heterocycles. The van der Waals surface area contributed by atoms with Crippen molar-refractivity contribution in [2.24, 2.45) is 0 Å². The number of aromatic nitrogens is 2. The molecular weight excluding hydrogens is 449 g/mol. The van der Waals surface area contributed by atoms with Gasteiger partial charge >= 0.3 is 5.97 Å². The van der Waals surface area contributed by atoms with Crippen LogP contribution in [0.3, 0.4) is 0 Å². The van der Waals surface area contributed by atoms with E-state index >= 15 is 0 Å². The highest BCUT2D eigenvalue weighted by molar-refractivity contribution is 5.87. The Balaban J connectivity index is 1.19. The maximum atomic E-state index is 14.8. The van der Waals surface area contributed by atoms with Gasteiger partial charge in [0.2, 0.25) is 0 Å². The monoisotopic (exact) mass is 477 g/mol. The van der Waals surface area contributed by atoms with Crippen molar-refractivity contribution >= 4 is 11.8 Å². The summed E-state index contributed by atoms with van der Waals surface area (Å²) in [5.74, 6) is 0.747. The van der Waals surface area contributed by atoms with Crippen molar-refractivity contribution in [1.29, 1.82) is 0 Å². The van der Waals surface area contributed by atoms with E-state index in [4.69, 9.17) is 14.4 Å². The van der Waals surface area contributed by atoms with Gasteiger partial charge in [0.05, 0.1) is 18.3 Å². The van der Waals surface area contributed by atoms with Gasteiger partial charge in [-0.15, -0.1) is 0 Å². The largest absolute Gasteiger partial charge is 0.478 e. The molecule has 1 N–H and O–H groups in total. The van der Waals surface area contributed by atoms with Crippen LogP contribution in [-0.2, 0) is 11.3 Å². The molecule has 2 saturated heterocycles. The fourth-order valence-electron chi connectivity index (χ4n) is 5.76. The molecule has 1 aliphatic carbocycles. The Kier molecular flexibility index (Phi) is 5.56. The molecule has 0 radical (unpaired) electrons. The molecule has 3 aliphatic rings. The normalized spacial score (nSPS) is 23.6. The molecule has 0 spiro atoms.